The zero-order valence-corrected chi connectivity index (χ0v) is 9.26. The summed E-state index contributed by atoms with van der Waals surface area (Å²) < 4.78 is 0.938. The first kappa shape index (κ1) is 10.3. The van der Waals surface area contributed by atoms with Gasteiger partial charge in [0.2, 0.25) is 10.7 Å². The maximum Gasteiger partial charge on any atom is 0.207 e. The number of aromatic nitrogens is 3. The minimum Gasteiger partial charge on any atom is -0.343 e. The molecule has 72 valence electrons. The van der Waals surface area contributed by atoms with Gasteiger partial charge in [0.25, 0.3) is 0 Å². The molecular weight excluding hydrogens is 204 g/mol. The van der Waals surface area contributed by atoms with Crippen LogP contribution in [0.25, 0.3) is 0 Å². The molecule has 1 rings (SSSR count). The second kappa shape index (κ2) is 4.48. The molecule has 0 amide bonds. The van der Waals surface area contributed by atoms with Gasteiger partial charge in [0, 0.05) is 13.1 Å². The lowest BCUT2D eigenvalue weighted by Crippen LogP contribution is -2.24. The van der Waals surface area contributed by atoms with Gasteiger partial charge < -0.3 is 14.9 Å². The van der Waals surface area contributed by atoms with Gasteiger partial charge in [-0.05, 0) is 38.3 Å². The maximum absolute atomic E-state index is 4.96. The van der Waals surface area contributed by atoms with Crippen molar-refractivity contribution in [1.82, 2.24) is 15.0 Å². The number of aromatic amines is 2. The Labute approximate surface area is 87.0 Å². The maximum atomic E-state index is 4.96. The monoisotopic (exact) mass is 216 g/mol. The topological polar surface area (TPSA) is 47.7 Å². The summed E-state index contributed by atoms with van der Waals surface area (Å²) in [6.07, 6.45) is 0. The Morgan fingerprint density at radius 3 is 2.31 bits per heavy atom. The van der Waals surface area contributed by atoms with E-state index in [1.54, 1.807) is 0 Å². The second-order valence-corrected chi connectivity index (χ2v) is 3.29. The highest BCUT2D eigenvalue weighted by Gasteiger charge is 2.02. The Morgan fingerprint density at radius 1 is 1.23 bits per heavy atom. The Hall–Kier alpha value is -0.750. The second-order valence-electron chi connectivity index (χ2n) is 2.49. The molecule has 1 aromatic rings. The summed E-state index contributed by atoms with van der Waals surface area (Å²) in [4.78, 5) is 11.9. The van der Waals surface area contributed by atoms with Crippen LogP contribution >= 0.6 is 24.4 Å². The van der Waals surface area contributed by atoms with Gasteiger partial charge in [0.05, 0.1) is 0 Å². The first-order chi connectivity index (χ1) is 6.17. The summed E-state index contributed by atoms with van der Waals surface area (Å²) in [6, 6.07) is 0. The number of rotatable bonds is 3. The van der Waals surface area contributed by atoms with Crippen molar-refractivity contribution in [2.45, 2.75) is 13.8 Å². The number of nitrogens with zero attached hydrogens (tertiary/aromatic N) is 2. The van der Waals surface area contributed by atoms with Crippen molar-refractivity contribution in [2.75, 3.05) is 18.0 Å². The summed E-state index contributed by atoms with van der Waals surface area (Å²) in [5.41, 5.74) is 0. The van der Waals surface area contributed by atoms with Crippen LogP contribution in [0.15, 0.2) is 0 Å². The summed E-state index contributed by atoms with van der Waals surface area (Å²) in [5, 5.41) is 0. The van der Waals surface area contributed by atoms with E-state index in [4.69, 9.17) is 24.4 Å². The van der Waals surface area contributed by atoms with Crippen LogP contribution in [0.4, 0.5) is 5.95 Å². The van der Waals surface area contributed by atoms with E-state index in [0.717, 1.165) is 19.0 Å². The first-order valence-electron chi connectivity index (χ1n) is 4.13. The van der Waals surface area contributed by atoms with Crippen LogP contribution in [0, 0.1) is 9.54 Å². The highest BCUT2D eigenvalue weighted by atomic mass is 32.1. The molecule has 0 saturated carbocycles. The van der Waals surface area contributed by atoms with Gasteiger partial charge in [0.1, 0.15) is 0 Å². The predicted molar refractivity (Wildman–Crippen MR) is 58.2 cm³/mol. The van der Waals surface area contributed by atoms with Gasteiger partial charge in [-0.15, -0.1) is 0 Å². The molecule has 0 saturated heterocycles. The van der Waals surface area contributed by atoms with Crippen LogP contribution < -0.4 is 4.90 Å². The van der Waals surface area contributed by atoms with Crippen molar-refractivity contribution in [3.05, 3.63) is 9.54 Å². The van der Waals surface area contributed by atoms with E-state index >= 15 is 0 Å². The minimum atomic E-state index is 0.422. The molecule has 4 nitrogen and oxygen atoms in total. The largest absolute Gasteiger partial charge is 0.343 e. The fourth-order valence-corrected chi connectivity index (χ4v) is 1.50. The van der Waals surface area contributed by atoms with Crippen molar-refractivity contribution in [3.63, 3.8) is 0 Å². The fraction of sp³-hybridized carbons (Fsp3) is 0.571. The van der Waals surface area contributed by atoms with E-state index in [-0.39, 0.29) is 0 Å². The molecule has 13 heavy (non-hydrogen) atoms. The zero-order valence-electron chi connectivity index (χ0n) is 7.63. The first-order valence-corrected chi connectivity index (χ1v) is 4.94. The van der Waals surface area contributed by atoms with Crippen LogP contribution in [0.5, 0.6) is 0 Å². The third-order valence-electron chi connectivity index (χ3n) is 1.72. The van der Waals surface area contributed by atoms with E-state index in [2.05, 4.69) is 33.7 Å². The quantitative estimate of drug-likeness (QED) is 0.759. The lowest BCUT2D eigenvalue weighted by Gasteiger charge is -2.18. The molecule has 0 aromatic carbocycles. The van der Waals surface area contributed by atoms with E-state index in [0.29, 0.717) is 9.54 Å². The van der Waals surface area contributed by atoms with Crippen molar-refractivity contribution in [1.29, 1.82) is 0 Å². The number of anilines is 1. The highest BCUT2D eigenvalue weighted by Crippen LogP contribution is 2.03. The molecule has 2 N–H and O–H groups in total. The smallest absolute Gasteiger partial charge is 0.207 e. The standard InChI is InChI=1S/C7H12N4S2/c1-3-11(4-2)5-8-6(12)10-7(13)9-5/h3-4H2,1-2H3,(H2,8,9,10,12,13). The lowest BCUT2D eigenvalue weighted by molar-refractivity contribution is 0.804. The zero-order chi connectivity index (χ0) is 9.84. The average Bonchev–Trinajstić information content (AvgIpc) is 2.04. The SMILES string of the molecule is CCN(CC)c1nc(=S)[nH]c(=S)[nH]1. The van der Waals surface area contributed by atoms with Crippen molar-refractivity contribution >= 4 is 30.4 Å². The van der Waals surface area contributed by atoms with E-state index in [1.807, 2.05) is 0 Å². The number of H-pyrrole nitrogens is 2. The highest BCUT2D eigenvalue weighted by molar-refractivity contribution is 7.71. The summed E-state index contributed by atoms with van der Waals surface area (Å²) in [5.74, 6) is 0.735. The summed E-state index contributed by atoms with van der Waals surface area (Å²) in [6.45, 7) is 5.88. The Balaban J connectivity index is 3.13. The van der Waals surface area contributed by atoms with Gasteiger partial charge in [-0.25, -0.2) is 0 Å². The number of hydrogen-bond donors (Lipinski definition) is 2. The van der Waals surface area contributed by atoms with Crippen molar-refractivity contribution in [2.24, 2.45) is 0 Å². The molecule has 0 bridgehead atoms. The molecule has 0 fully saturated rings. The van der Waals surface area contributed by atoms with Crippen molar-refractivity contribution < 1.29 is 0 Å². The molecule has 0 radical (unpaired) electrons. The number of hydrogen-bond acceptors (Lipinski definition) is 4. The number of nitrogens with one attached hydrogen (secondary N) is 2. The molecule has 1 heterocycles. The van der Waals surface area contributed by atoms with Crippen molar-refractivity contribution in [3.8, 4) is 0 Å². The summed E-state index contributed by atoms with van der Waals surface area (Å²) >= 11 is 9.88. The van der Waals surface area contributed by atoms with Gasteiger partial charge in [-0.2, -0.15) is 4.98 Å². The summed E-state index contributed by atoms with van der Waals surface area (Å²) in [7, 11) is 0. The Bertz CT molecular complexity index is 348. The predicted octanol–water partition coefficient (Wildman–Crippen LogP) is 2.04. The molecule has 0 spiro atoms. The van der Waals surface area contributed by atoms with Crippen LogP contribution in [-0.2, 0) is 0 Å². The fourth-order valence-electron chi connectivity index (χ4n) is 1.05. The molecule has 0 aliphatic heterocycles. The third kappa shape index (κ3) is 2.60. The molecule has 0 unspecified atom stereocenters. The van der Waals surface area contributed by atoms with E-state index in [9.17, 15) is 0 Å². The van der Waals surface area contributed by atoms with Gasteiger partial charge >= 0.3 is 0 Å². The molecule has 0 aliphatic carbocycles. The minimum absolute atomic E-state index is 0.422. The van der Waals surface area contributed by atoms with Gasteiger partial charge in [-0.3, -0.25) is 0 Å². The average molecular weight is 216 g/mol. The van der Waals surface area contributed by atoms with E-state index < -0.39 is 0 Å². The molecular formula is C7H12N4S2. The normalized spacial score (nSPS) is 10.0. The van der Waals surface area contributed by atoms with Crippen LogP contribution in [0.2, 0.25) is 0 Å². The van der Waals surface area contributed by atoms with E-state index in [1.165, 1.54) is 0 Å². The molecule has 1 aromatic heterocycles. The van der Waals surface area contributed by atoms with Crippen LogP contribution in [-0.4, -0.2) is 28.0 Å². The van der Waals surface area contributed by atoms with Gasteiger partial charge in [-0.1, -0.05) is 0 Å². The van der Waals surface area contributed by atoms with Crippen LogP contribution in [0.3, 0.4) is 0 Å². The van der Waals surface area contributed by atoms with Crippen LogP contribution in [0.1, 0.15) is 13.8 Å². The molecule has 6 heteroatoms. The Kier molecular flexibility index (Phi) is 3.56. The Morgan fingerprint density at radius 2 is 1.85 bits per heavy atom. The third-order valence-corrected chi connectivity index (χ3v) is 2.11. The molecule has 0 aliphatic rings. The lowest BCUT2D eigenvalue weighted by atomic mass is 10.5. The molecule has 0 atom stereocenters. The van der Waals surface area contributed by atoms with Gasteiger partial charge in [0.15, 0.2) is 4.77 Å².